The molecule has 0 saturated heterocycles. The van der Waals surface area contributed by atoms with Gasteiger partial charge in [0, 0.05) is 12.6 Å². The maximum absolute atomic E-state index is 5.85. The van der Waals surface area contributed by atoms with Crippen molar-refractivity contribution in [1.82, 2.24) is 4.90 Å². The van der Waals surface area contributed by atoms with Crippen LogP contribution in [0.2, 0.25) is 0 Å². The second kappa shape index (κ2) is 8.93. The fraction of sp³-hybridized carbons (Fsp3) is 1.00. The number of hydrogen-bond acceptors (Lipinski definition) is 2. The Labute approximate surface area is 109 Å². The zero-order valence-corrected chi connectivity index (χ0v) is 12.8. The van der Waals surface area contributed by atoms with E-state index in [0.717, 1.165) is 13.1 Å². The maximum Gasteiger partial charge on any atom is 0.00671 e. The van der Waals surface area contributed by atoms with Crippen molar-refractivity contribution in [3.8, 4) is 0 Å². The smallest absolute Gasteiger partial charge is 0.00671 e. The Morgan fingerprint density at radius 1 is 1.12 bits per heavy atom. The van der Waals surface area contributed by atoms with E-state index in [4.69, 9.17) is 5.73 Å². The highest BCUT2D eigenvalue weighted by atomic mass is 15.2. The molecule has 2 N–H and O–H groups in total. The summed E-state index contributed by atoms with van der Waals surface area (Å²) in [5.41, 5.74) is 6.09. The molecule has 0 bridgehead atoms. The van der Waals surface area contributed by atoms with Crippen molar-refractivity contribution in [3.05, 3.63) is 0 Å². The molecule has 0 rings (SSSR count). The average Bonchev–Trinajstić information content (AvgIpc) is 2.28. The van der Waals surface area contributed by atoms with Gasteiger partial charge in [-0.25, -0.2) is 0 Å². The Hall–Kier alpha value is -0.0800. The van der Waals surface area contributed by atoms with Gasteiger partial charge in [0.2, 0.25) is 0 Å². The number of nitrogens with two attached hydrogens (primary N) is 1. The van der Waals surface area contributed by atoms with E-state index in [0.29, 0.717) is 6.04 Å². The predicted molar refractivity (Wildman–Crippen MR) is 78.3 cm³/mol. The van der Waals surface area contributed by atoms with Crippen LogP contribution in [0.1, 0.15) is 66.7 Å². The lowest BCUT2D eigenvalue weighted by Crippen LogP contribution is -2.43. The van der Waals surface area contributed by atoms with Crippen molar-refractivity contribution >= 4 is 0 Å². The summed E-state index contributed by atoms with van der Waals surface area (Å²) < 4.78 is 0. The minimum atomic E-state index is 0.244. The van der Waals surface area contributed by atoms with Crippen LogP contribution in [-0.4, -0.2) is 30.6 Å². The van der Waals surface area contributed by atoms with E-state index in [1.807, 2.05) is 0 Å². The van der Waals surface area contributed by atoms with Crippen LogP contribution in [0.3, 0.4) is 0 Å². The molecule has 0 heterocycles. The molecule has 0 aromatic heterocycles. The highest BCUT2D eigenvalue weighted by Crippen LogP contribution is 2.19. The van der Waals surface area contributed by atoms with Crippen molar-refractivity contribution in [2.45, 2.75) is 72.8 Å². The first-order valence-corrected chi connectivity index (χ1v) is 7.41. The second-order valence-corrected chi connectivity index (χ2v) is 6.18. The lowest BCUT2D eigenvalue weighted by molar-refractivity contribution is 0.133. The Morgan fingerprint density at radius 3 is 2.24 bits per heavy atom. The van der Waals surface area contributed by atoms with Gasteiger partial charge in [-0.05, 0) is 38.3 Å². The van der Waals surface area contributed by atoms with Crippen molar-refractivity contribution in [1.29, 1.82) is 0 Å². The largest absolute Gasteiger partial charge is 0.330 e. The lowest BCUT2D eigenvalue weighted by Gasteiger charge is -2.36. The Morgan fingerprint density at radius 2 is 1.76 bits per heavy atom. The molecule has 0 aromatic carbocycles. The summed E-state index contributed by atoms with van der Waals surface area (Å²) in [6.07, 6.45) is 6.60. The van der Waals surface area contributed by atoms with Gasteiger partial charge in [0.1, 0.15) is 0 Å². The highest BCUT2D eigenvalue weighted by molar-refractivity contribution is 4.77. The normalized spacial score (nSPS) is 14.3. The molecule has 17 heavy (non-hydrogen) atoms. The second-order valence-electron chi connectivity index (χ2n) is 6.18. The molecule has 1 atom stereocenters. The molecular weight excluding hydrogens is 208 g/mol. The molecule has 1 unspecified atom stereocenters. The molecule has 104 valence electrons. The molecule has 0 aliphatic rings. The summed E-state index contributed by atoms with van der Waals surface area (Å²) >= 11 is 0. The molecule has 0 aliphatic carbocycles. The first kappa shape index (κ1) is 16.9. The quantitative estimate of drug-likeness (QED) is 0.593. The Balaban J connectivity index is 4.20. The average molecular weight is 242 g/mol. The molecule has 0 amide bonds. The summed E-state index contributed by atoms with van der Waals surface area (Å²) in [6, 6.07) is 0.701. The summed E-state index contributed by atoms with van der Waals surface area (Å²) in [6.45, 7) is 14.6. The van der Waals surface area contributed by atoms with E-state index in [1.54, 1.807) is 0 Å². The predicted octanol–water partition coefficient (Wildman–Crippen LogP) is 3.65. The number of unbranched alkanes of at least 4 members (excludes halogenated alkanes) is 2. The van der Waals surface area contributed by atoms with Gasteiger partial charge in [0.05, 0.1) is 0 Å². The van der Waals surface area contributed by atoms with Gasteiger partial charge in [0.25, 0.3) is 0 Å². The van der Waals surface area contributed by atoms with Gasteiger partial charge in [-0.2, -0.15) is 0 Å². The minimum Gasteiger partial charge on any atom is -0.330 e. The maximum atomic E-state index is 5.85. The first-order chi connectivity index (χ1) is 7.96. The van der Waals surface area contributed by atoms with Crippen molar-refractivity contribution in [3.63, 3.8) is 0 Å². The number of rotatable bonds is 10. The lowest BCUT2D eigenvalue weighted by atomic mass is 9.92. The van der Waals surface area contributed by atoms with E-state index in [-0.39, 0.29) is 5.41 Å². The van der Waals surface area contributed by atoms with Crippen LogP contribution in [0.15, 0.2) is 0 Å². The zero-order chi connectivity index (χ0) is 13.3. The summed E-state index contributed by atoms with van der Waals surface area (Å²) in [7, 11) is 0. The van der Waals surface area contributed by atoms with E-state index >= 15 is 0 Å². The fourth-order valence-electron chi connectivity index (χ4n) is 2.23. The molecule has 2 heteroatoms. The number of hydrogen-bond donors (Lipinski definition) is 1. The van der Waals surface area contributed by atoms with Gasteiger partial charge in [-0.15, -0.1) is 0 Å². The molecule has 0 aliphatic heterocycles. The molecule has 0 radical (unpaired) electrons. The monoisotopic (exact) mass is 242 g/mol. The van der Waals surface area contributed by atoms with E-state index in [9.17, 15) is 0 Å². The van der Waals surface area contributed by atoms with Gasteiger partial charge in [-0.1, -0.05) is 47.0 Å². The van der Waals surface area contributed by atoms with Gasteiger partial charge in [-0.3, -0.25) is 0 Å². The van der Waals surface area contributed by atoms with Gasteiger partial charge in [0.15, 0.2) is 0 Å². The first-order valence-electron chi connectivity index (χ1n) is 7.41. The summed E-state index contributed by atoms with van der Waals surface area (Å²) in [5.74, 6) is 0. The molecule has 0 saturated carbocycles. The molecule has 0 aromatic rings. The van der Waals surface area contributed by atoms with Gasteiger partial charge < -0.3 is 10.6 Å². The van der Waals surface area contributed by atoms with E-state index in [1.165, 1.54) is 38.6 Å². The minimum absolute atomic E-state index is 0.244. The summed E-state index contributed by atoms with van der Waals surface area (Å²) in [4.78, 5) is 2.63. The number of nitrogens with zero attached hydrogens (tertiary/aromatic N) is 1. The van der Waals surface area contributed by atoms with Crippen LogP contribution < -0.4 is 5.73 Å². The fourth-order valence-corrected chi connectivity index (χ4v) is 2.23. The zero-order valence-electron chi connectivity index (χ0n) is 12.8. The van der Waals surface area contributed by atoms with Crippen molar-refractivity contribution < 1.29 is 0 Å². The van der Waals surface area contributed by atoms with Crippen LogP contribution in [0, 0.1) is 5.41 Å². The molecule has 2 nitrogen and oxygen atoms in total. The van der Waals surface area contributed by atoms with Crippen molar-refractivity contribution in [2.24, 2.45) is 11.1 Å². The molecular formula is C15H34N2. The SMILES string of the molecule is CCCCCC(C)N(CCC)CC(C)(C)CN. The van der Waals surface area contributed by atoms with Crippen LogP contribution in [-0.2, 0) is 0 Å². The molecule has 0 spiro atoms. The van der Waals surface area contributed by atoms with E-state index in [2.05, 4.69) is 39.5 Å². The van der Waals surface area contributed by atoms with Crippen LogP contribution >= 0.6 is 0 Å². The highest BCUT2D eigenvalue weighted by Gasteiger charge is 2.22. The van der Waals surface area contributed by atoms with Crippen LogP contribution in [0.4, 0.5) is 0 Å². The van der Waals surface area contributed by atoms with E-state index < -0.39 is 0 Å². The van der Waals surface area contributed by atoms with Gasteiger partial charge >= 0.3 is 0 Å². The third kappa shape index (κ3) is 7.77. The third-order valence-electron chi connectivity index (χ3n) is 3.54. The standard InChI is InChI=1S/C15H34N2/c1-6-8-9-10-14(3)17(11-7-2)13-15(4,5)12-16/h14H,6-13,16H2,1-5H3. The summed E-state index contributed by atoms with van der Waals surface area (Å²) in [5, 5.41) is 0. The Bertz CT molecular complexity index is 178. The van der Waals surface area contributed by atoms with Crippen LogP contribution in [0.5, 0.6) is 0 Å². The Kier molecular flexibility index (Phi) is 8.89. The van der Waals surface area contributed by atoms with Crippen LogP contribution in [0.25, 0.3) is 0 Å². The third-order valence-corrected chi connectivity index (χ3v) is 3.54. The molecule has 0 fully saturated rings. The van der Waals surface area contributed by atoms with Crippen molar-refractivity contribution in [2.75, 3.05) is 19.6 Å². The topological polar surface area (TPSA) is 29.3 Å².